The number of aliphatic carboxylic acids is 4. The molecular weight excluding hydrogens is 454 g/mol. The average Bonchev–Trinajstić information content (AvgIpc) is 2.71. The molecule has 0 bridgehead atoms. The van der Waals surface area contributed by atoms with Gasteiger partial charge in [0.15, 0.2) is 0 Å². The highest BCUT2D eigenvalue weighted by atomic mass is 16.4. The van der Waals surface area contributed by atoms with Crippen LogP contribution in [0.3, 0.4) is 0 Å². The first-order chi connectivity index (χ1) is 16.0. The zero-order chi connectivity index (χ0) is 25.5. The van der Waals surface area contributed by atoms with Gasteiger partial charge in [-0.15, -0.1) is 0 Å². The average molecular weight is 490 g/mol. The molecule has 0 aromatic carbocycles. The quantitative estimate of drug-likeness (QED) is 0.180. The summed E-state index contributed by atoms with van der Waals surface area (Å²) in [5.74, 6) is -4.32. The molecule has 1 aliphatic rings. The van der Waals surface area contributed by atoms with Gasteiger partial charge < -0.3 is 25.7 Å². The number of hydrogen-bond donors (Lipinski definition) is 5. The number of carbonyl (C=O) groups excluding carboxylic acids is 1. The zero-order valence-electron chi connectivity index (χ0n) is 19.2. The van der Waals surface area contributed by atoms with E-state index >= 15 is 0 Å². The first-order valence-corrected chi connectivity index (χ1v) is 11.1. The van der Waals surface area contributed by atoms with Crippen molar-refractivity contribution in [2.24, 2.45) is 0 Å². The van der Waals surface area contributed by atoms with Crippen LogP contribution >= 0.6 is 0 Å². The van der Waals surface area contributed by atoms with Crippen molar-refractivity contribution in [2.75, 3.05) is 85.1 Å². The minimum Gasteiger partial charge on any atom is -0.481 e. The number of hydrogen-bond acceptors (Lipinski definition) is 9. The van der Waals surface area contributed by atoms with Crippen LogP contribution in [0.15, 0.2) is 0 Å². The Bertz CT molecular complexity index is 674. The maximum atomic E-state index is 12.3. The van der Waals surface area contributed by atoms with E-state index in [0.717, 1.165) is 0 Å². The predicted octanol–water partition coefficient (Wildman–Crippen LogP) is -2.56. The van der Waals surface area contributed by atoms with Gasteiger partial charge in [-0.05, 0) is 6.42 Å². The second-order valence-electron chi connectivity index (χ2n) is 8.13. The van der Waals surface area contributed by atoms with E-state index in [4.69, 9.17) is 10.2 Å². The summed E-state index contributed by atoms with van der Waals surface area (Å²) in [5.41, 5.74) is 0. The van der Waals surface area contributed by atoms with Crippen molar-refractivity contribution >= 4 is 29.8 Å². The molecule has 0 radical (unpaired) electrons. The second kappa shape index (κ2) is 15.9. The molecular formula is C20H35N5O9. The van der Waals surface area contributed by atoms with Crippen LogP contribution in [0.5, 0.6) is 0 Å². The van der Waals surface area contributed by atoms with E-state index in [1.807, 2.05) is 0 Å². The molecule has 0 aliphatic carbocycles. The molecule has 34 heavy (non-hydrogen) atoms. The van der Waals surface area contributed by atoms with Crippen molar-refractivity contribution in [3.63, 3.8) is 0 Å². The molecule has 1 fully saturated rings. The summed E-state index contributed by atoms with van der Waals surface area (Å²) in [6.07, 6.45) is 0.240. The summed E-state index contributed by atoms with van der Waals surface area (Å²) >= 11 is 0. The Balaban J connectivity index is 2.85. The predicted molar refractivity (Wildman–Crippen MR) is 119 cm³/mol. The molecule has 1 amide bonds. The smallest absolute Gasteiger partial charge is 0.317 e. The highest BCUT2D eigenvalue weighted by Gasteiger charge is 2.21. The van der Waals surface area contributed by atoms with E-state index in [9.17, 15) is 34.2 Å². The first-order valence-electron chi connectivity index (χ1n) is 11.1. The molecule has 0 atom stereocenters. The van der Waals surface area contributed by atoms with Crippen molar-refractivity contribution in [2.45, 2.75) is 12.8 Å². The summed E-state index contributed by atoms with van der Waals surface area (Å²) < 4.78 is 0. The van der Waals surface area contributed by atoms with Crippen molar-refractivity contribution < 1.29 is 44.4 Å². The van der Waals surface area contributed by atoms with Crippen LogP contribution < -0.4 is 5.32 Å². The standard InChI is InChI=1S/C20H35N5O9/c26-16(21-3-1-2-17(27)28)12-22-4-6-23(13-18(29)30)8-10-25(15-20(33)34)11-9-24(7-5-22)14-19(31)32/h1-15H2,(H,21,26)(H,27,28)(H,29,30)(H,31,32)(H,33,34). The maximum absolute atomic E-state index is 12.3. The topological polar surface area (TPSA) is 191 Å². The summed E-state index contributed by atoms with van der Waals surface area (Å²) in [6, 6.07) is 0. The van der Waals surface area contributed by atoms with E-state index in [2.05, 4.69) is 5.32 Å². The van der Waals surface area contributed by atoms with E-state index in [-0.39, 0.29) is 45.1 Å². The second-order valence-corrected chi connectivity index (χ2v) is 8.13. The lowest BCUT2D eigenvalue weighted by Crippen LogP contribution is -2.49. The van der Waals surface area contributed by atoms with Crippen LogP contribution in [0.4, 0.5) is 0 Å². The summed E-state index contributed by atoms with van der Waals surface area (Å²) in [7, 11) is 0. The Kier molecular flexibility index (Phi) is 13.7. The Morgan fingerprint density at radius 2 is 0.853 bits per heavy atom. The third kappa shape index (κ3) is 14.4. The van der Waals surface area contributed by atoms with Gasteiger partial charge in [0, 0.05) is 65.3 Å². The zero-order valence-corrected chi connectivity index (χ0v) is 19.2. The molecule has 5 N–H and O–H groups in total. The number of carboxylic acid groups (broad SMARTS) is 4. The third-order valence-electron chi connectivity index (χ3n) is 5.26. The molecule has 1 rings (SSSR count). The number of amides is 1. The lowest BCUT2D eigenvalue weighted by molar-refractivity contribution is -0.140. The molecule has 0 unspecified atom stereocenters. The molecule has 0 aromatic rings. The molecule has 14 nitrogen and oxygen atoms in total. The van der Waals surface area contributed by atoms with Gasteiger partial charge in [0.25, 0.3) is 0 Å². The monoisotopic (exact) mass is 489 g/mol. The van der Waals surface area contributed by atoms with Crippen LogP contribution in [-0.2, 0) is 24.0 Å². The highest BCUT2D eigenvalue weighted by Crippen LogP contribution is 2.01. The van der Waals surface area contributed by atoms with Gasteiger partial charge >= 0.3 is 23.9 Å². The largest absolute Gasteiger partial charge is 0.481 e. The normalized spacial score (nSPS) is 17.9. The fraction of sp³-hybridized carbons (Fsp3) is 0.750. The molecule has 14 heteroatoms. The van der Waals surface area contributed by atoms with Gasteiger partial charge in [-0.25, -0.2) is 0 Å². The molecule has 0 saturated carbocycles. The van der Waals surface area contributed by atoms with Crippen LogP contribution in [-0.4, -0.2) is 155 Å². The van der Waals surface area contributed by atoms with Crippen LogP contribution in [0.1, 0.15) is 12.8 Å². The van der Waals surface area contributed by atoms with Gasteiger partial charge in [-0.3, -0.25) is 43.6 Å². The molecule has 1 saturated heterocycles. The number of rotatable bonds is 12. The third-order valence-corrected chi connectivity index (χ3v) is 5.26. The van der Waals surface area contributed by atoms with Crippen LogP contribution in [0.25, 0.3) is 0 Å². The number of nitrogens with one attached hydrogen (secondary N) is 1. The van der Waals surface area contributed by atoms with E-state index in [1.54, 1.807) is 19.6 Å². The Labute approximate surface area is 197 Å². The maximum Gasteiger partial charge on any atom is 0.317 e. The minimum absolute atomic E-state index is 0.0000332. The molecule has 1 heterocycles. The van der Waals surface area contributed by atoms with E-state index in [1.165, 1.54) is 0 Å². The van der Waals surface area contributed by atoms with Gasteiger partial charge in [-0.2, -0.15) is 0 Å². The van der Waals surface area contributed by atoms with Crippen molar-refractivity contribution in [1.82, 2.24) is 24.9 Å². The SMILES string of the molecule is O=C(O)CCCNC(=O)CN1CCN(CC(=O)O)CCN(CC(=O)O)CCN(CC(=O)O)CC1. The van der Waals surface area contributed by atoms with Crippen molar-refractivity contribution in [1.29, 1.82) is 0 Å². The van der Waals surface area contributed by atoms with E-state index < -0.39 is 23.9 Å². The van der Waals surface area contributed by atoms with Gasteiger partial charge in [0.2, 0.25) is 5.91 Å². The molecule has 1 aliphatic heterocycles. The highest BCUT2D eigenvalue weighted by molar-refractivity contribution is 5.78. The lowest BCUT2D eigenvalue weighted by atomic mass is 10.3. The molecule has 194 valence electrons. The van der Waals surface area contributed by atoms with Crippen molar-refractivity contribution in [3.8, 4) is 0 Å². The Morgan fingerprint density at radius 1 is 0.529 bits per heavy atom. The number of carbonyl (C=O) groups is 5. The summed E-state index contributed by atoms with van der Waals surface area (Å²) in [4.78, 5) is 63.4. The Hall–Kier alpha value is -2.81. The van der Waals surface area contributed by atoms with Gasteiger partial charge in [-0.1, -0.05) is 0 Å². The van der Waals surface area contributed by atoms with Crippen molar-refractivity contribution in [3.05, 3.63) is 0 Å². The fourth-order valence-corrected chi connectivity index (χ4v) is 3.51. The van der Waals surface area contributed by atoms with Gasteiger partial charge in [0.1, 0.15) is 0 Å². The summed E-state index contributed by atoms with van der Waals surface area (Å²) in [6.45, 7) is 2.02. The Morgan fingerprint density at radius 3 is 1.15 bits per heavy atom. The first kappa shape index (κ1) is 29.2. The fourth-order valence-electron chi connectivity index (χ4n) is 3.51. The minimum atomic E-state index is -1.03. The van der Waals surface area contributed by atoms with Crippen LogP contribution in [0.2, 0.25) is 0 Å². The number of nitrogens with zero attached hydrogens (tertiary/aromatic N) is 4. The number of carboxylic acids is 4. The lowest BCUT2D eigenvalue weighted by Gasteiger charge is -2.32. The van der Waals surface area contributed by atoms with Crippen LogP contribution in [0, 0.1) is 0 Å². The molecule has 0 spiro atoms. The summed E-state index contributed by atoms with van der Waals surface area (Å²) in [5, 5.41) is 39.0. The van der Waals surface area contributed by atoms with E-state index in [0.29, 0.717) is 58.8 Å². The molecule has 0 aromatic heterocycles. The van der Waals surface area contributed by atoms with Gasteiger partial charge in [0.05, 0.1) is 26.2 Å².